The second kappa shape index (κ2) is 10.8. The molecule has 6 heteroatoms. The first-order chi connectivity index (χ1) is 13.8. The van der Waals surface area contributed by atoms with Gasteiger partial charge in [-0.1, -0.05) is 42.5 Å². The lowest BCUT2D eigenvalue weighted by Gasteiger charge is -2.12. The van der Waals surface area contributed by atoms with Gasteiger partial charge in [-0.15, -0.1) is 0 Å². The molecule has 0 aliphatic rings. The number of hydrogen-bond donors (Lipinski definition) is 2. The molecule has 1 heterocycles. The zero-order valence-electron chi connectivity index (χ0n) is 16.2. The predicted octanol–water partition coefficient (Wildman–Crippen LogP) is 3.07. The Morgan fingerprint density at radius 3 is 2.68 bits per heavy atom. The molecule has 146 valence electrons. The summed E-state index contributed by atoms with van der Waals surface area (Å²) < 4.78 is 7.63. The summed E-state index contributed by atoms with van der Waals surface area (Å²) in [5, 5.41) is 10.8. The van der Waals surface area contributed by atoms with Gasteiger partial charge in [-0.05, 0) is 36.2 Å². The van der Waals surface area contributed by atoms with E-state index in [0.29, 0.717) is 19.7 Å². The van der Waals surface area contributed by atoms with Crippen LogP contribution in [-0.2, 0) is 13.1 Å². The van der Waals surface area contributed by atoms with E-state index in [2.05, 4.69) is 51.9 Å². The molecule has 0 unspecified atom stereocenters. The first kappa shape index (κ1) is 19.5. The molecule has 0 saturated heterocycles. The number of hydrogen-bond acceptors (Lipinski definition) is 3. The molecule has 0 aliphatic heterocycles. The highest BCUT2D eigenvalue weighted by molar-refractivity contribution is 5.79. The van der Waals surface area contributed by atoms with E-state index in [4.69, 9.17) is 4.74 Å². The highest BCUT2D eigenvalue weighted by atomic mass is 16.5. The van der Waals surface area contributed by atoms with Crippen molar-refractivity contribution in [3.05, 3.63) is 84.2 Å². The minimum absolute atomic E-state index is 0.577. The largest absolute Gasteiger partial charge is 0.492 e. The van der Waals surface area contributed by atoms with E-state index < -0.39 is 0 Å². The molecular weight excluding hydrogens is 350 g/mol. The Labute approximate surface area is 166 Å². The Kier molecular flexibility index (Phi) is 7.49. The number of aliphatic imine (C=N–C) groups is 1. The number of nitrogens with zero attached hydrogens (tertiary/aromatic N) is 3. The quantitative estimate of drug-likeness (QED) is 0.342. The Balaban J connectivity index is 1.50. The van der Waals surface area contributed by atoms with Gasteiger partial charge in [0.05, 0.1) is 19.6 Å². The molecule has 3 rings (SSSR count). The van der Waals surface area contributed by atoms with Gasteiger partial charge in [-0.3, -0.25) is 4.68 Å². The number of benzene rings is 2. The van der Waals surface area contributed by atoms with Crippen molar-refractivity contribution in [1.82, 2.24) is 20.4 Å². The molecule has 0 saturated carbocycles. The van der Waals surface area contributed by atoms with Crippen LogP contribution in [0.5, 0.6) is 5.75 Å². The second-order valence-corrected chi connectivity index (χ2v) is 6.31. The molecule has 2 N–H and O–H groups in total. The van der Waals surface area contributed by atoms with Crippen LogP contribution < -0.4 is 15.4 Å². The third-order valence-corrected chi connectivity index (χ3v) is 4.07. The van der Waals surface area contributed by atoms with E-state index >= 15 is 0 Å². The van der Waals surface area contributed by atoms with Gasteiger partial charge in [0.1, 0.15) is 12.4 Å². The average molecular weight is 377 g/mol. The Bertz CT molecular complexity index is 846. The fourth-order valence-corrected chi connectivity index (χ4v) is 2.77. The molecule has 0 atom stereocenters. The zero-order chi connectivity index (χ0) is 19.4. The molecule has 0 aliphatic carbocycles. The Morgan fingerprint density at radius 1 is 1.04 bits per heavy atom. The van der Waals surface area contributed by atoms with Crippen molar-refractivity contribution in [3.63, 3.8) is 0 Å². The predicted molar refractivity (Wildman–Crippen MR) is 113 cm³/mol. The van der Waals surface area contributed by atoms with Crippen LogP contribution in [0.3, 0.4) is 0 Å². The summed E-state index contributed by atoms with van der Waals surface area (Å²) in [5.74, 6) is 1.66. The fourth-order valence-electron chi connectivity index (χ4n) is 2.77. The van der Waals surface area contributed by atoms with Crippen molar-refractivity contribution in [2.75, 3.05) is 19.7 Å². The summed E-state index contributed by atoms with van der Waals surface area (Å²) in [5.41, 5.74) is 2.38. The van der Waals surface area contributed by atoms with E-state index in [1.807, 2.05) is 47.3 Å². The number of guanidine groups is 1. The third-order valence-electron chi connectivity index (χ3n) is 4.07. The van der Waals surface area contributed by atoms with Crippen molar-refractivity contribution in [2.24, 2.45) is 4.99 Å². The maximum absolute atomic E-state index is 5.71. The maximum Gasteiger partial charge on any atom is 0.191 e. The molecule has 0 spiro atoms. The Hall–Kier alpha value is -3.28. The first-order valence-corrected chi connectivity index (χ1v) is 9.59. The summed E-state index contributed by atoms with van der Waals surface area (Å²) in [6.45, 7) is 5.50. The lowest BCUT2D eigenvalue weighted by molar-refractivity contribution is 0.322. The van der Waals surface area contributed by atoms with Crippen LogP contribution >= 0.6 is 0 Å². The lowest BCUT2D eigenvalue weighted by Crippen LogP contribution is -2.39. The molecule has 3 aromatic rings. The minimum Gasteiger partial charge on any atom is -0.492 e. The number of ether oxygens (including phenoxy) is 1. The topological polar surface area (TPSA) is 63.5 Å². The van der Waals surface area contributed by atoms with Crippen molar-refractivity contribution in [1.29, 1.82) is 0 Å². The van der Waals surface area contributed by atoms with Gasteiger partial charge < -0.3 is 15.4 Å². The molecule has 1 aromatic heterocycles. The number of rotatable bonds is 9. The van der Waals surface area contributed by atoms with E-state index in [0.717, 1.165) is 24.8 Å². The minimum atomic E-state index is 0.577. The summed E-state index contributed by atoms with van der Waals surface area (Å²) in [4.78, 5) is 4.68. The van der Waals surface area contributed by atoms with Gasteiger partial charge in [-0.25, -0.2) is 4.99 Å². The molecule has 0 bridgehead atoms. The average Bonchev–Trinajstić information content (AvgIpc) is 3.23. The van der Waals surface area contributed by atoms with E-state index in [9.17, 15) is 0 Å². The van der Waals surface area contributed by atoms with E-state index in [-0.39, 0.29) is 0 Å². The van der Waals surface area contributed by atoms with Gasteiger partial charge in [0, 0.05) is 18.9 Å². The molecule has 0 amide bonds. The summed E-state index contributed by atoms with van der Waals surface area (Å²) >= 11 is 0. The third kappa shape index (κ3) is 6.46. The van der Waals surface area contributed by atoms with Crippen molar-refractivity contribution in [3.8, 4) is 5.75 Å². The molecule has 2 aromatic carbocycles. The van der Waals surface area contributed by atoms with Crippen LogP contribution in [0.25, 0.3) is 0 Å². The molecule has 0 radical (unpaired) electrons. The van der Waals surface area contributed by atoms with Gasteiger partial charge in [-0.2, -0.15) is 5.10 Å². The number of para-hydroxylation sites is 1. The zero-order valence-corrected chi connectivity index (χ0v) is 16.2. The van der Waals surface area contributed by atoms with Crippen molar-refractivity contribution < 1.29 is 4.74 Å². The summed E-state index contributed by atoms with van der Waals surface area (Å²) in [6.07, 6.45) is 3.76. The smallest absolute Gasteiger partial charge is 0.191 e. The first-order valence-electron chi connectivity index (χ1n) is 9.59. The molecule has 6 nitrogen and oxygen atoms in total. The summed E-state index contributed by atoms with van der Waals surface area (Å²) in [6, 6.07) is 20.2. The fraction of sp³-hybridized carbons (Fsp3) is 0.273. The van der Waals surface area contributed by atoms with Gasteiger partial charge in [0.2, 0.25) is 0 Å². The van der Waals surface area contributed by atoms with Gasteiger partial charge in [0.25, 0.3) is 0 Å². The highest BCUT2D eigenvalue weighted by Crippen LogP contribution is 2.09. The van der Waals surface area contributed by atoms with E-state index in [1.165, 1.54) is 11.1 Å². The van der Waals surface area contributed by atoms with Crippen LogP contribution in [0.2, 0.25) is 0 Å². The van der Waals surface area contributed by atoms with Gasteiger partial charge in [0.15, 0.2) is 5.96 Å². The molecular formula is C22H27N5O. The van der Waals surface area contributed by atoms with Gasteiger partial charge >= 0.3 is 0 Å². The normalized spacial score (nSPS) is 11.2. The standard InChI is InChI=1S/C22H27N5O/c1-2-23-22(24-13-15-28-21-10-4-3-5-11-21)25-17-19-8-6-9-20(16-19)18-27-14-7-12-26-27/h3-12,14,16H,2,13,15,17-18H2,1H3,(H2,23,24,25). The van der Waals surface area contributed by atoms with Crippen LogP contribution in [-0.4, -0.2) is 35.4 Å². The Morgan fingerprint density at radius 2 is 1.89 bits per heavy atom. The van der Waals surface area contributed by atoms with Crippen molar-refractivity contribution in [2.45, 2.75) is 20.0 Å². The second-order valence-electron chi connectivity index (χ2n) is 6.31. The van der Waals surface area contributed by atoms with Crippen LogP contribution in [0.4, 0.5) is 0 Å². The van der Waals surface area contributed by atoms with Crippen LogP contribution in [0, 0.1) is 0 Å². The van der Waals surface area contributed by atoms with Crippen molar-refractivity contribution >= 4 is 5.96 Å². The SMILES string of the molecule is CCNC(=NCc1cccc(Cn2cccn2)c1)NCCOc1ccccc1. The monoisotopic (exact) mass is 377 g/mol. The summed E-state index contributed by atoms with van der Waals surface area (Å²) in [7, 11) is 0. The lowest BCUT2D eigenvalue weighted by atomic mass is 10.1. The molecule has 28 heavy (non-hydrogen) atoms. The highest BCUT2D eigenvalue weighted by Gasteiger charge is 2.00. The number of nitrogens with one attached hydrogen (secondary N) is 2. The van der Waals surface area contributed by atoms with Crippen LogP contribution in [0.15, 0.2) is 78.0 Å². The number of aromatic nitrogens is 2. The maximum atomic E-state index is 5.71. The molecule has 0 fully saturated rings. The van der Waals surface area contributed by atoms with Crippen LogP contribution in [0.1, 0.15) is 18.1 Å². The van der Waals surface area contributed by atoms with E-state index in [1.54, 1.807) is 6.20 Å².